The zero-order valence-electron chi connectivity index (χ0n) is 13.0. The summed E-state index contributed by atoms with van der Waals surface area (Å²) in [7, 11) is 1.68. The number of hydrogen-bond acceptors (Lipinski definition) is 3. The molecule has 2 rings (SSSR count). The number of carboxylic acid groups (broad SMARTS) is 1. The Labute approximate surface area is 125 Å². The molecule has 0 aromatic heterocycles. The summed E-state index contributed by atoms with van der Waals surface area (Å²) in [6.45, 7) is 3.47. The van der Waals surface area contributed by atoms with Crippen molar-refractivity contribution in [1.29, 1.82) is 0 Å². The first-order valence-corrected chi connectivity index (χ1v) is 7.71. The van der Waals surface area contributed by atoms with Crippen molar-refractivity contribution in [2.75, 3.05) is 26.8 Å². The van der Waals surface area contributed by atoms with Crippen LogP contribution in [0.4, 0.5) is 4.79 Å². The van der Waals surface area contributed by atoms with E-state index in [4.69, 9.17) is 4.74 Å². The van der Waals surface area contributed by atoms with Gasteiger partial charge in [0.25, 0.3) is 0 Å². The van der Waals surface area contributed by atoms with Gasteiger partial charge in [0.05, 0.1) is 0 Å². The van der Waals surface area contributed by atoms with Gasteiger partial charge in [0.2, 0.25) is 0 Å². The highest BCUT2D eigenvalue weighted by Gasteiger charge is 2.46. The number of piperidine rings is 1. The van der Waals surface area contributed by atoms with E-state index in [1.807, 2.05) is 0 Å². The minimum atomic E-state index is -1.08. The van der Waals surface area contributed by atoms with E-state index in [-0.39, 0.29) is 11.4 Å². The number of nitrogens with one attached hydrogen (secondary N) is 1. The van der Waals surface area contributed by atoms with Gasteiger partial charge in [0.15, 0.2) is 0 Å². The summed E-state index contributed by atoms with van der Waals surface area (Å²) in [5, 5.41) is 12.4. The van der Waals surface area contributed by atoms with E-state index in [1.54, 1.807) is 14.0 Å². The molecule has 21 heavy (non-hydrogen) atoms. The van der Waals surface area contributed by atoms with Gasteiger partial charge < -0.3 is 20.1 Å². The molecule has 0 aromatic carbocycles. The van der Waals surface area contributed by atoms with E-state index in [0.29, 0.717) is 26.1 Å². The molecule has 1 heterocycles. The molecule has 1 aliphatic carbocycles. The number of methoxy groups -OCH3 is 1. The number of likely N-dealkylation sites (tertiary alicyclic amines) is 1. The number of aliphatic carboxylic acids is 1. The summed E-state index contributed by atoms with van der Waals surface area (Å²) in [5.74, 6) is -0.919. The minimum Gasteiger partial charge on any atom is -0.480 e. The number of nitrogens with zero attached hydrogens (tertiary/aromatic N) is 1. The molecule has 0 radical (unpaired) electrons. The number of carbonyl (C=O) groups is 2. The van der Waals surface area contributed by atoms with Crippen LogP contribution in [0.3, 0.4) is 0 Å². The highest BCUT2D eigenvalue weighted by atomic mass is 16.5. The van der Waals surface area contributed by atoms with Crippen LogP contribution in [0.1, 0.15) is 45.4 Å². The molecule has 1 saturated heterocycles. The Morgan fingerprint density at radius 2 is 2.00 bits per heavy atom. The third-order valence-electron chi connectivity index (χ3n) is 5.01. The molecule has 1 saturated carbocycles. The molecule has 120 valence electrons. The summed E-state index contributed by atoms with van der Waals surface area (Å²) >= 11 is 0. The summed E-state index contributed by atoms with van der Waals surface area (Å²) in [4.78, 5) is 25.4. The largest absolute Gasteiger partial charge is 0.480 e. The number of carboxylic acids is 1. The fourth-order valence-electron chi connectivity index (χ4n) is 3.04. The van der Waals surface area contributed by atoms with Crippen LogP contribution in [-0.2, 0) is 9.53 Å². The third kappa shape index (κ3) is 3.48. The molecule has 0 aromatic rings. The predicted molar refractivity (Wildman–Crippen MR) is 78.2 cm³/mol. The summed E-state index contributed by atoms with van der Waals surface area (Å²) < 4.78 is 5.10. The van der Waals surface area contributed by atoms with Gasteiger partial charge >= 0.3 is 12.0 Å². The number of ether oxygens (including phenoxy) is 1. The molecule has 1 aliphatic heterocycles. The van der Waals surface area contributed by atoms with Crippen molar-refractivity contribution in [3.63, 3.8) is 0 Å². The summed E-state index contributed by atoms with van der Waals surface area (Å²) in [6, 6.07) is -0.247. The Kier molecular flexibility index (Phi) is 4.76. The Hall–Kier alpha value is -1.30. The molecule has 2 N–H and O–H groups in total. The van der Waals surface area contributed by atoms with Crippen molar-refractivity contribution < 1.29 is 19.4 Å². The van der Waals surface area contributed by atoms with Gasteiger partial charge in [-0.15, -0.1) is 0 Å². The maximum absolute atomic E-state index is 12.4. The van der Waals surface area contributed by atoms with E-state index in [2.05, 4.69) is 5.32 Å². The predicted octanol–water partition coefficient (Wildman–Crippen LogP) is 1.84. The van der Waals surface area contributed by atoms with E-state index in [9.17, 15) is 14.7 Å². The van der Waals surface area contributed by atoms with Crippen molar-refractivity contribution in [1.82, 2.24) is 10.2 Å². The van der Waals surface area contributed by atoms with Crippen LogP contribution in [0.25, 0.3) is 0 Å². The molecule has 1 atom stereocenters. The van der Waals surface area contributed by atoms with Crippen LogP contribution in [0.15, 0.2) is 0 Å². The van der Waals surface area contributed by atoms with Crippen LogP contribution in [0.2, 0.25) is 0 Å². The van der Waals surface area contributed by atoms with E-state index >= 15 is 0 Å². The number of rotatable bonds is 6. The first-order valence-electron chi connectivity index (χ1n) is 7.71. The highest BCUT2D eigenvalue weighted by Crippen LogP contribution is 2.48. The quantitative estimate of drug-likeness (QED) is 0.784. The molecule has 0 bridgehead atoms. The summed E-state index contributed by atoms with van der Waals surface area (Å²) in [6.07, 6.45) is 5.39. The van der Waals surface area contributed by atoms with Gasteiger partial charge in [0, 0.05) is 26.8 Å². The standard InChI is InChI=1S/C15H26N2O4/c1-14(12(18)19)5-3-4-9-17(14)13(20)16-11-15(6-7-15)8-10-21-2/h3-11H2,1-2H3,(H,16,20)(H,18,19). The number of amides is 2. The molecule has 2 fully saturated rings. The molecule has 6 heteroatoms. The van der Waals surface area contributed by atoms with Crippen molar-refractivity contribution in [2.45, 2.75) is 51.0 Å². The van der Waals surface area contributed by atoms with E-state index in [0.717, 1.165) is 32.1 Å². The Morgan fingerprint density at radius 3 is 2.57 bits per heavy atom. The number of urea groups is 1. The van der Waals surface area contributed by atoms with Crippen LogP contribution < -0.4 is 5.32 Å². The third-order valence-corrected chi connectivity index (χ3v) is 5.01. The Bertz CT molecular complexity index is 408. The van der Waals surface area contributed by atoms with Gasteiger partial charge in [-0.1, -0.05) is 0 Å². The lowest BCUT2D eigenvalue weighted by Crippen LogP contribution is -2.60. The molecular weight excluding hydrogens is 272 g/mol. The van der Waals surface area contributed by atoms with Crippen LogP contribution in [-0.4, -0.2) is 54.4 Å². The molecule has 2 amide bonds. The average molecular weight is 298 g/mol. The zero-order chi connectivity index (χ0) is 15.5. The van der Waals surface area contributed by atoms with Gasteiger partial charge in [-0.2, -0.15) is 0 Å². The van der Waals surface area contributed by atoms with Crippen LogP contribution in [0, 0.1) is 5.41 Å². The van der Waals surface area contributed by atoms with Crippen molar-refractivity contribution in [3.05, 3.63) is 0 Å². The molecule has 2 aliphatic rings. The van der Waals surface area contributed by atoms with Crippen molar-refractivity contribution in [3.8, 4) is 0 Å². The fraction of sp³-hybridized carbons (Fsp3) is 0.867. The Morgan fingerprint density at radius 1 is 1.29 bits per heavy atom. The van der Waals surface area contributed by atoms with Crippen molar-refractivity contribution >= 4 is 12.0 Å². The smallest absolute Gasteiger partial charge is 0.329 e. The second-order valence-electron chi connectivity index (χ2n) is 6.59. The molecule has 0 spiro atoms. The maximum atomic E-state index is 12.4. The maximum Gasteiger partial charge on any atom is 0.329 e. The van der Waals surface area contributed by atoms with Gasteiger partial charge in [-0.25, -0.2) is 9.59 Å². The second-order valence-corrected chi connectivity index (χ2v) is 6.59. The van der Waals surface area contributed by atoms with Gasteiger partial charge in [0.1, 0.15) is 5.54 Å². The van der Waals surface area contributed by atoms with Crippen molar-refractivity contribution in [2.24, 2.45) is 5.41 Å². The first kappa shape index (κ1) is 16.1. The lowest BCUT2D eigenvalue weighted by Gasteiger charge is -2.41. The summed E-state index contributed by atoms with van der Waals surface area (Å²) in [5.41, 5.74) is -0.910. The lowest BCUT2D eigenvalue weighted by molar-refractivity contribution is -0.150. The molecule has 6 nitrogen and oxygen atoms in total. The average Bonchev–Trinajstić information content (AvgIpc) is 3.23. The SMILES string of the molecule is COCCC1(CNC(=O)N2CCCCC2(C)C(=O)O)CC1. The normalized spacial score (nSPS) is 27.2. The zero-order valence-corrected chi connectivity index (χ0v) is 13.0. The first-order chi connectivity index (χ1) is 9.93. The number of carbonyl (C=O) groups excluding carboxylic acids is 1. The minimum absolute atomic E-state index is 0.168. The monoisotopic (exact) mass is 298 g/mol. The van der Waals surface area contributed by atoms with Gasteiger partial charge in [-0.3, -0.25) is 0 Å². The van der Waals surface area contributed by atoms with Crippen LogP contribution in [0.5, 0.6) is 0 Å². The van der Waals surface area contributed by atoms with E-state index in [1.165, 1.54) is 4.90 Å². The molecule has 1 unspecified atom stereocenters. The Balaban J connectivity index is 1.91. The second kappa shape index (κ2) is 6.22. The topological polar surface area (TPSA) is 78.9 Å². The van der Waals surface area contributed by atoms with Crippen LogP contribution >= 0.6 is 0 Å². The fourth-order valence-corrected chi connectivity index (χ4v) is 3.04. The number of hydrogen-bond donors (Lipinski definition) is 2. The molecular formula is C15H26N2O4. The van der Waals surface area contributed by atoms with Gasteiger partial charge in [-0.05, 0) is 50.9 Å². The lowest BCUT2D eigenvalue weighted by atomic mass is 9.89. The van der Waals surface area contributed by atoms with E-state index < -0.39 is 11.5 Å². The highest BCUT2D eigenvalue weighted by molar-refractivity contribution is 5.86.